The first-order valence-corrected chi connectivity index (χ1v) is 7.83. The van der Waals surface area contributed by atoms with E-state index in [0.717, 1.165) is 31.4 Å². The number of aryl methyl sites for hydroxylation is 2. The molecule has 0 aromatic heterocycles. The smallest absolute Gasteiger partial charge is 0.310 e. The van der Waals surface area contributed by atoms with Gasteiger partial charge in [0.25, 0.3) is 0 Å². The van der Waals surface area contributed by atoms with E-state index in [1.165, 1.54) is 11.1 Å². The van der Waals surface area contributed by atoms with Gasteiger partial charge >= 0.3 is 6.18 Å². The molecule has 21 heavy (non-hydrogen) atoms. The molecule has 1 N–H and O–H groups in total. The van der Waals surface area contributed by atoms with Gasteiger partial charge in [-0.3, -0.25) is 0 Å². The Labute approximate surface area is 125 Å². The molecular formula is C17H26F3N. The summed E-state index contributed by atoms with van der Waals surface area (Å²) in [6, 6.07) is 5.88. The van der Waals surface area contributed by atoms with Crippen LogP contribution in [0.4, 0.5) is 13.2 Å². The molecule has 1 unspecified atom stereocenters. The second-order valence-electron chi connectivity index (χ2n) is 5.40. The minimum Gasteiger partial charge on any atom is -0.310 e. The van der Waals surface area contributed by atoms with Gasteiger partial charge in [0, 0.05) is 12.5 Å². The molecule has 0 heterocycles. The highest BCUT2D eigenvalue weighted by molar-refractivity contribution is 5.33. The van der Waals surface area contributed by atoms with E-state index in [1.54, 1.807) is 0 Å². The first-order chi connectivity index (χ1) is 9.91. The predicted molar refractivity (Wildman–Crippen MR) is 81.5 cm³/mol. The zero-order valence-corrected chi connectivity index (χ0v) is 13.2. The Bertz CT molecular complexity index is 427. The van der Waals surface area contributed by atoms with Gasteiger partial charge in [0.1, 0.15) is 0 Å². The Morgan fingerprint density at radius 3 is 2.24 bits per heavy atom. The molecule has 1 atom stereocenters. The molecule has 0 aliphatic carbocycles. The van der Waals surface area contributed by atoms with E-state index in [0.29, 0.717) is 0 Å². The third-order valence-electron chi connectivity index (χ3n) is 3.75. The van der Waals surface area contributed by atoms with Crippen LogP contribution in [0.5, 0.6) is 0 Å². The molecule has 0 aliphatic heterocycles. The summed E-state index contributed by atoms with van der Waals surface area (Å²) < 4.78 is 37.5. The molecule has 0 saturated carbocycles. The standard InChI is InChI=1S/C17H26F3N/c1-4-11-21-16(9-10-17(18,19)20)15-8-7-13(5-2)14(6-3)12-15/h7-8,12,16,21H,4-6,9-11H2,1-3H3. The normalized spacial score (nSPS) is 13.4. The lowest BCUT2D eigenvalue weighted by molar-refractivity contribution is -0.136. The maximum Gasteiger partial charge on any atom is 0.389 e. The molecule has 4 heteroatoms. The molecule has 0 saturated heterocycles. The summed E-state index contributed by atoms with van der Waals surface area (Å²) >= 11 is 0. The molecule has 1 aromatic carbocycles. The lowest BCUT2D eigenvalue weighted by atomic mass is 9.94. The third-order valence-corrected chi connectivity index (χ3v) is 3.75. The minimum absolute atomic E-state index is 0.0954. The molecule has 0 fully saturated rings. The molecule has 0 aliphatic rings. The molecule has 1 nitrogen and oxygen atoms in total. The second kappa shape index (κ2) is 8.42. The maximum atomic E-state index is 12.5. The predicted octanol–water partition coefficient (Wildman–Crippen LogP) is 5.19. The highest BCUT2D eigenvalue weighted by atomic mass is 19.4. The van der Waals surface area contributed by atoms with E-state index in [-0.39, 0.29) is 12.5 Å². The van der Waals surface area contributed by atoms with Crippen LogP contribution < -0.4 is 5.32 Å². The lowest BCUT2D eigenvalue weighted by Gasteiger charge is -2.21. The van der Waals surface area contributed by atoms with Gasteiger partial charge in [0.05, 0.1) is 0 Å². The summed E-state index contributed by atoms with van der Waals surface area (Å²) in [5.74, 6) is 0. The Balaban J connectivity index is 2.91. The highest BCUT2D eigenvalue weighted by Crippen LogP contribution is 2.28. The van der Waals surface area contributed by atoms with Gasteiger partial charge in [-0.2, -0.15) is 13.2 Å². The molecule has 1 aromatic rings. The Hall–Kier alpha value is -1.03. The van der Waals surface area contributed by atoms with Gasteiger partial charge in [-0.25, -0.2) is 0 Å². The minimum atomic E-state index is -4.09. The van der Waals surface area contributed by atoms with Gasteiger partial charge in [0.2, 0.25) is 0 Å². The highest BCUT2D eigenvalue weighted by Gasteiger charge is 2.28. The third kappa shape index (κ3) is 6.08. The Morgan fingerprint density at radius 2 is 1.71 bits per heavy atom. The summed E-state index contributed by atoms with van der Waals surface area (Å²) in [7, 11) is 0. The topological polar surface area (TPSA) is 12.0 Å². The zero-order chi connectivity index (χ0) is 15.9. The van der Waals surface area contributed by atoms with Crippen LogP contribution in [0.3, 0.4) is 0 Å². The van der Waals surface area contributed by atoms with Crippen molar-refractivity contribution >= 4 is 0 Å². The fourth-order valence-electron chi connectivity index (χ4n) is 2.55. The van der Waals surface area contributed by atoms with Crippen molar-refractivity contribution in [1.82, 2.24) is 5.32 Å². The van der Waals surface area contributed by atoms with Crippen LogP contribution in [0.15, 0.2) is 18.2 Å². The number of alkyl halides is 3. The molecule has 0 radical (unpaired) electrons. The molecule has 1 rings (SSSR count). The molecule has 0 bridgehead atoms. The quantitative estimate of drug-likeness (QED) is 0.696. The van der Waals surface area contributed by atoms with Crippen LogP contribution >= 0.6 is 0 Å². The number of halogens is 3. The van der Waals surface area contributed by atoms with E-state index >= 15 is 0 Å². The van der Waals surface area contributed by atoms with Crippen molar-refractivity contribution in [3.63, 3.8) is 0 Å². The largest absolute Gasteiger partial charge is 0.389 e. The molecule has 0 amide bonds. The molecular weight excluding hydrogens is 275 g/mol. The number of rotatable bonds is 8. The summed E-state index contributed by atoms with van der Waals surface area (Å²) in [6.07, 6.45) is -1.96. The van der Waals surface area contributed by atoms with Crippen molar-refractivity contribution < 1.29 is 13.2 Å². The van der Waals surface area contributed by atoms with Crippen LogP contribution in [-0.2, 0) is 12.8 Å². The van der Waals surface area contributed by atoms with Crippen LogP contribution in [0.1, 0.15) is 62.8 Å². The summed E-state index contributed by atoms with van der Waals surface area (Å²) in [4.78, 5) is 0. The summed E-state index contributed by atoms with van der Waals surface area (Å²) in [5.41, 5.74) is 3.50. The van der Waals surface area contributed by atoms with Crippen molar-refractivity contribution in [2.75, 3.05) is 6.54 Å². The van der Waals surface area contributed by atoms with E-state index in [1.807, 2.05) is 13.0 Å². The van der Waals surface area contributed by atoms with E-state index < -0.39 is 12.6 Å². The average molecular weight is 301 g/mol. The summed E-state index contributed by atoms with van der Waals surface area (Å²) in [6.45, 7) is 6.94. The zero-order valence-electron chi connectivity index (χ0n) is 13.2. The van der Waals surface area contributed by atoms with Gasteiger partial charge in [-0.05, 0) is 48.9 Å². The SMILES string of the molecule is CCCNC(CCC(F)(F)F)c1ccc(CC)c(CC)c1. The van der Waals surface area contributed by atoms with Crippen LogP contribution in [0, 0.1) is 0 Å². The summed E-state index contributed by atoms with van der Waals surface area (Å²) in [5, 5.41) is 3.25. The van der Waals surface area contributed by atoms with Crippen molar-refractivity contribution in [3.05, 3.63) is 34.9 Å². The van der Waals surface area contributed by atoms with Crippen LogP contribution in [-0.4, -0.2) is 12.7 Å². The first-order valence-electron chi connectivity index (χ1n) is 7.83. The number of hydrogen-bond acceptors (Lipinski definition) is 1. The number of hydrogen-bond donors (Lipinski definition) is 1. The van der Waals surface area contributed by atoms with Crippen LogP contribution in [0.25, 0.3) is 0 Å². The maximum absolute atomic E-state index is 12.5. The van der Waals surface area contributed by atoms with Gasteiger partial charge < -0.3 is 5.32 Å². The van der Waals surface area contributed by atoms with Crippen molar-refractivity contribution in [1.29, 1.82) is 0 Å². The van der Waals surface area contributed by atoms with Gasteiger partial charge in [-0.1, -0.05) is 39.0 Å². The van der Waals surface area contributed by atoms with Gasteiger partial charge in [-0.15, -0.1) is 0 Å². The first kappa shape index (κ1) is 18.0. The Kier molecular flexibility index (Phi) is 7.23. The fourth-order valence-corrected chi connectivity index (χ4v) is 2.55. The lowest BCUT2D eigenvalue weighted by Crippen LogP contribution is -2.24. The average Bonchev–Trinajstić information content (AvgIpc) is 2.45. The van der Waals surface area contributed by atoms with Crippen molar-refractivity contribution in [3.8, 4) is 0 Å². The van der Waals surface area contributed by atoms with Crippen LogP contribution in [0.2, 0.25) is 0 Å². The van der Waals surface area contributed by atoms with E-state index in [9.17, 15) is 13.2 Å². The molecule has 120 valence electrons. The number of benzene rings is 1. The van der Waals surface area contributed by atoms with E-state index in [2.05, 4.69) is 31.3 Å². The van der Waals surface area contributed by atoms with Crippen molar-refractivity contribution in [2.45, 2.75) is 65.1 Å². The second-order valence-corrected chi connectivity index (χ2v) is 5.40. The van der Waals surface area contributed by atoms with Gasteiger partial charge in [0.15, 0.2) is 0 Å². The van der Waals surface area contributed by atoms with E-state index in [4.69, 9.17) is 0 Å². The molecule has 0 spiro atoms. The fraction of sp³-hybridized carbons (Fsp3) is 0.647. The van der Waals surface area contributed by atoms with Crippen molar-refractivity contribution in [2.24, 2.45) is 0 Å². The number of nitrogens with one attached hydrogen (secondary N) is 1. The monoisotopic (exact) mass is 301 g/mol. The Morgan fingerprint density at radius 1 is 1.05 bits per heavy atom.